The number of piperidine rings is 1. The van der Waals surface area contributed by atoms with Crippen molar-refractivity contribution in [3.63, 3.8) is 0 Å². The van der Waals surface area contributed by atoms with Crippen LogP contribution in [-0.2, 0) is 11.3 Å². The number of nitrogens with zero attached hydrogens (tertiary/aromatic N) is 5. The minimum Gasteiger partial charge on any atom is -0.482 e. The Morgan fingerprint density at radius 2 is 1.77 bits per heavy atom. The third-order valence-electron chi connectivity index (χ3n) is 10.4. The van der Waals surface area contributed by atoms with Gasteiger partial charge in [0.25, 0.3) is 5.91 Å². The Morgan fingerprint density at radius 1 is 1.00 bits per heavy atom. The SMILES string of the molecule is COc1cc(C(=O)N[C@@H]2CCCC[C@H]2N)cc2nc(-c3cc4ccc(C5CCCCN5C(=O)C(C)(C)C)nc4n3CC3CC3)c(C)n12. The minimum absolute atomic E-state index is 0.0264. The third-order valence-corrected chi connectivity index (χ3v) is 10.4. The largest absolute Gasteiger partial charge is 0.482 e. The van der Waals surface area contributed by atoms with E-state index in [1.165, 1.54) is 12.8 Å². The zero-order valence-corrected chi connectivity index (χ0v) is 28.5. The molecule has 3 fully saturated rings. The molecule has 2 saturated carbocycles. The average molecular weight is 640 g/mol. The van der Waals surface area contributed by atoms with Gasteiger partial charge in [-0.2, -0.15) is 0 Å². The Morgan fingerprint density at radius 3 is 2.49 bits per heavy atom. The van der Waals surface area contributed by atoms with Gasteiger partial charge < -0.3 is 25.3 Å². The molecule has 10 heteroatoms. The van der Waals surface area contributed by atoms with Gasteiger partial charge in [-0.15, -0.1) is 0 Å². The molecule has 0 spiro atoms. The van der Waals surface area contributed by atoms with Gasteiger partial charge in [-0.1, -0.05) is 33.6 Å². The third kappa shape index (κ3) is 6.01. The van der Waals surface area contributed by atoms with Gasteiger partial charge in [0, 0.05) is 47.6 Å². The number of hydrogen-bond acceptors (Lipinski definition) is 6. The summed E-state index contributed by atoms with van der Waals surface area (Å²) < 4.78 is 10.1. The van der Waals surface area contributed by atoms with Gasteiger partial charge in [-0.3, -0.25) is 14.0 Å². The second-order valence-electron chi connectivity index (χ2n) is 15.0. The molecule has 5 heterocycles. The molecule has 0 bridgehead atoms. The van der Waals surface area contributed by atoms with Crippen LogP contribution in [0.15, 0.2) is 30.3 Å². The van der Waals surface area contributed by atoms with E-state index in [-0.39, 0.29) is 29.9 Å². The number of likely N-dealkylation sites (tertiary alicyclic amines) is 1. The molecule has 3 atom stereocenters. The monoisotopic (exact) mass is 639 g/mol. The van der Waals surface area contributed by atoms with Crippen LogP contribution in [-0.4, -0.2) is 61.4 Å². The van der Waals surface area contributed by atoms with Crippen LogP contribution in [0.4, 0.5) is 0 Å². The predicted molar refractivity (Wildman–Crippen MR) is 183 cm³/mol. The number of hydrogen-bond donors (Lipinski definition) is 2. The summed E-state index contributed by atoms with van der Waals surface area (Å²) in [5.74, 6) is 1.19. The number of imidazole rings is 1. The molecule has 250 valence electrons. The number of methoxy groups -OCH3 is 1. The van der Waals surface area contributed by atoms with E-state index in [2.05, 4.69) is 39.9 Å². The summed E-state index contributed by atoms with van der Waals surface area (Å²) in [6.07, 6.45) is 9.44. The quantitative estimate of drug-likeness (QED) is 0.249. The van der Waals surface area contributed by atoms with Crippen molar-refractivity contribution >= 4 is 28.5 Å². The topological polar surface area (TPSA) is 120 Å². The fourth-order valence-electron chi connectivity index (χ4n) is 7.57. The highest BCUT2D eigenvalue weighted by Crippen LogP contribution is 2.39. The Labute approximate surface area is 277 Å². The first-order chi connectivity index (χ1) is 22.5. The maximum absolute atomic E-state index is 13.5. The van der Waals surface area contributed by atoms with Gasteiger partial charge in [0.05, 0.1) is 30.2 Å². The van der Waals surface area contributed by atoms with Gasteiger partial charge in [-0.25, -0.2) is 9.97 Å². The van der Waals surface area contributed by atoms with Crippen molar-refractivity contribution in [1.29, 1.82) is 0 Å². The summed E-state index contributed by atoms with van der Waals surface area (Å²) in [5, 5.41) is 4.22. The van der Waals surface area contributed by atoms with Gasteiger partial charge in [0.15, 0.2) is 5.88 Å². The van der Waals surface area contributed by atoms with Crippen molar-refractivity contribution in [2.75, 3.05) is 13.7 Å². The van der Waals surface area contributed by atoms with Crippen molar-refractivity contribution in [2.45, 2.75) is 110 Å². The fourth-order valence-corrected chi connectivity index (χ4v) is 7.57. The highest BCUT2D eigenvalue weighted by Gasteiger charge is 2.35. The number of fused-ring (bicyclic) bond motifs is 2. The molecular formula is C37H49N7O3. The summed E-state index contributed by atoms with van der Waals surface area (Å²) >= 11 is 0. The molecule has 47 heavy (non-hydrogen) atoms. The minimum atomic E-state index is -0.440. The van der Waals surface area contributed by atoms with E-state index in [1.54, 1.807) is 13.2 Å². The van der Waals surface area contributed by atoms with Crippen molar-refractivity contribution in [3.8, 4) is 17.3 Å². The Balaban J connectivity index is 1.29. The predicted octanol–water partition coefficient (Wildman–Crippen LogP) is 6.18. The fraction of sp³-hybridized carbons (Fsp3) is 0.568. The zero-order valence-electron chi connectivity index (χ0n) is 28.5. The van der Waals surface area contributed by atoms with Crippen LogP contribution in [0.1, 0.15) is 106 Å². The molecule has 2 amide bonds. The van der Waals surface area contributed by atoms with E-state index >= 15 is 0 Å². The molecular weight excluding hydrogens is 590 g/mol. The van der Waals surface area contributed by atoms with Crippen molar-refractivity contribution in [1.82, 2.24) is 29.2 Å². The van der Waals surface area contributed by atoms with Gasteiger partial charge in [-0.05, 0) is 82.1 Å². The number of aromatic nitrogens is 4. The molecule has 1 aliphatic heterocycles. The normalized spacial score (nSPS) is 22.2. The number of ether oxygens (including phenoxy) is 1. The lowest BCUT2D eigenvalue weighted by atomic mass is 9.90. The second kappa shape index (κ2) is 12.3. The molecule has 7 rings (SSSR count). The number of aryl methyl sites for hydroxylation is 1. The van der Waals surface area contributed by atoms with Gasteiger partial charge >= 0.3 is 0 Å². The summed E-state index contributed by atoms with van der Waals surface area (Å²) in [6, 6.07) is 10.0. The zero-order chi connectivity index (χ0) is 33.0. The Hall–Kier alpha value is -3.92. The van der Waals surface area contributed by atoms with Crippen LogP contribution in [0, 0.1) is 18.3 Å². The number of nitrogens with two attached hydrogens (primary N) is 1. The molecule has 1 unspecified atom stereocenters. The maximum Gasteiger partial charge on any atom is 0.251 e. The number of rotatable bonds is 7. The van der Waals surface area contributed by atoms with E-state index in [0.717, 1.165) is 91.8 Å². The summed E-state index contributed by atoms with van der Waals surface area (Å²) in [6.45, 7) is 9.68. The lowest BCUT2D eigenvalue weighted by Crippen LogP contribution is -2.49. The number of pyridine rings is 2. The summed E-state index contributed by atoms with van der Waals surface area (Å²) in [7, 11) is 1.63. The molecule has 4 aromatic heterocycles. The van der Waals surface area contributed by atoms with Crippen LogP contribution >= 0.6 is 0 Å². The Bertz CT molecular complexity index is 1830. The molecule has 2 aliphatic carbocycles. The molecule has 3 N–H and O–H groups in total. The lowest BCUT2D eigenvalue weighted by Gasteiger charge is -2.39. The van der Waals surface area contributed by atoms with E-state index in [1.807, 2.05) is 31.2 Å². The summed E-state index contributed by atoms with van der Waals surface area (Å²) in [5.41, 5.74) is 11.7. The first-order valence-electron chi connectivity index (χ1n) is 17.5. The van der Waals surface area contributed by atoms with Crippen molar-refractivity contribution in [3.05, 3.63) is 47.3 Å². The van der Waals surface area contributed by atoms with Crippen LogP contribution in [0.3, 0.4) is 0 Å². The van der Waals surface area contributed by atoms with Crippen LogP contribution in [0.25, 0.3) is 28.1 Å². The molecule has 3 aliphatic rings. The second-order valence-corrected chi connectivity index (χ2v) is 15.0. The number of carbonyl (C=O) groups is 2. The van der Waals surface area contributed by atoms with E-state index in [0.29, 0.717) is 23.0 Å². The lowest BCUT2D eigenvalue weighted by molar-refractivity contribution is -0.143. The van der Waals surface area contributed by atoms with E-state index in [9.17, 15) is 9.59 Å². The van der Waals surface area contributed by atoms with Crippen molar-refractivity contribution in [2.24, 2.45) is 17.1 Å². The van der Waals surface area contributed by atoms with Crippen LogP contribution in [0.5, 0.6) is 5.88 Å². The van der Waals surface area contributed by atoms with Crippen LogP contribution < -0.4 is 15.8 Å². The Kier molecular flexibility index (Phi) is 8.27. The molecule has 4 aromatic rings. The van der Waals surface area contributed by atoms with E-state index in [4.69, 9.17) is 20.4 Å². The molecule has 0 radical (unpaired) electrons. The first-order valence-corrected chi connectivity index (χ1v) is 17.5. The number of amides is 2. The first kappa shape index (κ1) is 31.7. The molecule has 1 saturated heterocycles. The van der Waals surface area contributed by atoms with Gasteiger partial charge in [0.1, 0.15) is 17.0 Å². The number of carbonyl (C=O) groups excluding carboxylic acids is 2. The average Bonchev–Trinajstić information content (AvgIpc) is 3.73. The standard InChI is InChI=1S/C37H49N7O3/c1-22-33(41-31-19-25(20-32(47-5)44(22)31)35(45)40-27-11-7-6-10-26(27)38)30-18-24-15-16-28(39-34(24)43(30)21-23-13-14-23)29-12-8-9-17-42(29)36(46)37(2,3)4/h15-16,18-20,23,26-27,29H,6-14,17,21,38H2,1-5H3,(H,40,45)/t26-,27-,29?/m1/s1. The summed E-state index contributed by atoms with van der Waals surface area (Å²) in [4.78, 5) is 39.4. The highest BCUT2D eigenvalue weighted by atomic mass is 16.5. The maximum atomic E-state index is 13.5. The molecule has 10 nitrogen and oxygen atoms in total. The molecule has 0 aromatic carbocycles. The van der Waals surface area contributed by atoms with Crippen LogP contribution in [0.2, 0.25) is 0 Å². The highest BCUT2D eigenvalue weighted by molar-refractivity contribution is 5.96. The van der Waals surface area contributed by atoms with E-state index < -0.39 is 5.41 Å². The van der Waals surface area contributed by atoms with Crippen molar-refractivity contribution < 1.29 is 14.3 Å². The van der Waals surface area contributed by atoms with Gasteiger partial charge in [0.2, 0.25) is 5.91 Å². The smallest absolute Gasteiger partial charge is 0.251 e. The number of nitrogens with one attached hydrogen (secondary N) is 1.